The van der Waals surface area contributed by atoms with Crippen molar-refractivity contribution in [1.29, 1.82) is 0 Å². The van der Waals surface area contributed by atoms with Crippen molar-refractivity contribution in [2.75, 3.05) is 24.7 Å². The second kappa shape index (κ2) is 12.5. The molecular formula is C29H28Cl2N6O3. The largest absolute Gasteiger partial charge is 0.395 e. The summed E-state index contributed by atoms with van der Waals surface area (Å²) in [6.45, 7) is 0.777. The lowest BCUT2D eigenvalue weighted by Crippen LogP contribution is -2.31. The molecule has 3 aromatic carbocycles. The normalized spacial score (nSPS) is 14.8. The second-order valence-corrected chi connectivity index (χ2v) is 10.3. The highest BCUT2D eigenvalue weighted by molar-refractivity contribution is 6.31. The summed E-state index contributed by atoms with van der Waals surface area (Å²) in [4.78, 5) is 25.9. The van der Waals surface area contributed by atoms with E-state index in [1.165, 1.54) is 9.25 Å². The van der Waals surface area contributed by atoms with Gasteiger partial charge in [-0.15, -0.1) is 5.10 Å². The first-order valence-electron chi connectivity index (χ1n) is 12.9. The molecule has 2 heterocycles. The topological polar surface area (TPSA) is 105 Å². The van der Waals surface area contributed by atoms with E-state index in [0.29, 0.717) is 22.5 Å². The van der Waals surface area contributed by atoms with Crippen LogP contribution in [0, 0.1) is 0 Å². The lowest BCUT2D eigenvalue weighted by molar-refractivity contribution is -0.121. The molecule has 1 amide bonds. The predicted molar refractivity (Wildman–Crippen MR) is 156 cm³/mol. The molecule has 0 saturated carbocycles. The maximum Gasteiger partial charge on any atom is 0.347 e. The first kappa shape index (κ1) is 27.6. The van der Waals surface area contributed by atoms with E-state index in [1.54, 1.807) is 17.1 Å². The standard InChI is InChI=1S/C29H28Cl2N6O3/c30-23-10-6-20(7-11-23)18-37-29(40)35(16-14-26(39)32-15-17-38)28(34-37)36-19-25(21-4-2-1-3-5-21)27(33-36)22-8-12-24(31)13-9-22/h1-13,25,38H,14-19H2,(H,32,39)/t25-/m0/s1. The molecule has 2 N–H and O–H groups in total. The van der Waals surface area contributed by atoms with Gasteiger partial charge in [0.05, 0.1) is 25.4 Å². The molecule has 1 aromatic heterocycles. The zero-order valence-electron chi connectivity index (χ0n) is 21.6. The van der Waals surface area contributed by atoms with Crippen molar-refractivity contribution >= 4 is 40.8 Å². The lowest BCUT2D eigenvalue weighted by atomic mass is 9.91. The van der Waals surface area contributed by atoms with Crippen LogP contribution in [-0.4, -0.2) is 50.8 Å². The van der Waals surface area contributed by atoms with Crippen LogP contribution in [0.15, 0.2) is 88.8 Å². The first-order valence-corrected chi connectivity index (χ1v) is 13.6. The molecule has 0 unspecified atom stereocenters. The van der Waals surface area contributed by atoms with E-state index in [-0.39, 0.29) is 50.2 Å². The van der Waals surface area contributed by atoms with E-state index in [4.69, 9.17) is 33.4 Å². The number of hydrazone groups is 1. The number of benzene rings is 3. The Morgan fingerprint density at radius 2 is 1.65 bits per heavy atom. The minimum absolute atomic E-state index is 0.0449. The minimum atomic E-state index is -0.355. The number of hydrogen-bond donors (Lipinski definition) is 2. The second-order valence-electron chi connectivity index (χ2n) is 9.38. The van der Waals surface area contributed by atoms with Crippen molar-refractivity contribution in [3.63, 3.8) is 0 Å². The van der Waals surface area contributed by atoms with Gasteiger partial charge in [0.1, 0.15) is 0 Å². The Morgan fingerprint density at radius 1 is 0.975 bits per heavy atom. The maximum atomic E-state index is 13.6. The quantitative estimate of drug-likeness (QED) is 0.297. The fourth-order valence-electron chi connectivity index (χ4n) is 4.63. The number of aliphatic hydroxyl groups is 1. The van der Waals surface area contributed by atoms with Gasteiger partial charge in [-0.25, -0.2) is 14.5 Å². The van der Waals surface area contributed by atoms with Gasteiger partial charge >= 0.3 is 5.69 Å². The number of nitrogens with one attached hydrogen (secondary N) is 1. The van der Waals surface area contributed by atoms with Crippen molar-refractivity contribution in [1.82, 2.24) is 19.7 Å². The third kappa shape index (κ3) is 6.28. The van der Waals surface area contributed by atoms with Crippen LogP contribution in [0.5, 0.6) is 0 Å². The van der Waals surface area contributed by atoms with E-state index in [0.717, 1.165) is 22.4 Å². The number of amides is 1. The number of nitrogens with zero attached hydrogens (tertiary/aromatic N) is 5. The smallest absolute Gasteiger partial charge is 0.347 e. The van der Waals surface area contributed by atoms with Crippen LogP contribution >= 0.6 is 23.2 Å². The van der Waals surface area contributed by atoms with Crippen LogP contribution in [-0.2, 0) is 17.9 Å². The number of anilines is 1. The minimum Gasteiger partial charge on any atom is -0.395 e. The molecule has 0 bridgehead atoms. The van der Waals surface area contributed by atoms with Crippen LogP contribution < -0.4 is 16.0 Å². The Labute approximate surface area is 241 Å². The third-order valence-corrected chi connectivity index (χ3v) is 7.14. The molecular weight excluding hydrogens is 551 g/mol. The number of carbonyl (C=O) groups excluding carboxylic acids is 1. The maximum absolute atomic E-state index is 13.6. The summed E-state index contributed by atoms with van der Waals surface area (Å²) in [6.07, 6.45) is 0.0449. The van der Waals surface area contributed by atoms with Gasteiger partial charge in [0, 0.05) is 35.5 Å². The summed E-state index contributed by atoms with van der Waals surface area (Å²) in [5.74, 6) is -0.00898. The molecule has 40 heavy (non-hydrogen) atoms. The molecule has 0 aliphatic carbocycles. The van der Waals surface area contributed by atoms with E-state index in [9.17, 15) is 9.59 Å². The first-order chi connectivity index (χ1) is 19.4. The van der Waals surface area contributed by atoms with Gasteiger partial charge in [-0.1, -0.05) is 77.8 Å². The molecule has 4 aromatic rings. The third-order valence-electron chi connectivity index (χ3n) is 6.63. The number of carbonyl (C=O) groups is 1. The molecule has 9 nitrogen and oxygen atoms in total. The Hall–Kier alpha value is -3.92. The average molecular weight is 579 g/mol. The Bertz CT molecular complexity index is 1550. The number of rotatable bonds is 10. The SMILES string of the molecule is O=C(CCn1c(N2C[C@@H](c3ccccc3)C(c3ccc(Cl)cc3)=N2)nn(Cc2ccc(Cl)cc2)c1=O)NCCO. The summed E-state index contributed by atoms with van der Waals surface area (Å²) in [6, 6.07) is 24.8. The Balaban J connectivity index is 1.53. The van der Waals surface area contributed by atoms with Gasteiger partial charge < -0.3 is 10.4 Å². The zero-order chi connectivity index (χ0) is 28.1. The fourth-order valence-corrected chi connectivity index (χ4v) is 4.89. The lowest BCUT2D eigenvalue weighted by Gasteiger charge is -2.16. The zero-order valence-corrected chi connectivity index (χ0v) is 23.1. The van der Waals surface area contributed by atoms with E-state index in [1.807, 2.05) is 54.6 Å². The summed E-state index contributed by atoms with van der Waals surface area (Å²) in [7, 11) is 0. The molecule has 5 rings (SSSR count). The van der Waals surface area contributed by atoms with Crippen molar-refractivity contribution in [3.8, 4) is 0 Å². The molecule has 1 aliphatic heterocycles. The average Bonchev–Trinajstić information content (AvgIpc) is 3.54. The monoisotopic (exact) mass is 578 g/mol. The van der Waals surface area contributed by atoms with E-state index in [2.05, 4.69) is 22.5 Å². The van der Waals surface area contributed by atoms with Crippen molar-refractivity contribution in [2.24, 2.45) is 5.10 Å². The van der Waals surface area contributed by atoms with E-state index < -0.39 is 0 Å². The van der Waals surface area contributed by atoms with Gasteiger partial charge in [0.25, 0.3) is 0 Å². The van der Waals surface area contributed by atoms with Gasteiger partial charge in [-0.3, -0.25) is 9.36 Å². The molecule has 0 spiro atoms. The number of aliphatic hydroxyl groups excluding tert-OH is 1. The number of hydrogen-bond acceptors (Lipinski definition) is 6. The van der Waals surface area contributed by atoms with Crippen LogP contribution in [0.3, 0.4) is 0 Å². The fraction of sp³-hybridized carbons (Fsp3) is 0.241. The Morgan fingerprint density at radius 3 is 2.33 bits per heavy atom. The molecule has 11 heteroatoms. The van der Waals surface area contributed by atoms with Gasteiger partial charge in [-0.05, 0) is 41.0 Å². The highest BCUT2D eigenvalue weighted by Gasteiger charge is 2.33. The summed E-state index contributed by atoms with van der Waals surface area (Å²) in [5.41, 5.74) is 3.33. The molecule has 0 saturated heterocycles. The van der Waals surface area contributed by atoms with Gasteiger partial charge in [0.15, 0.2) is 0 Å². The molecule has 0 fully saturated rings. The van der Waals surface area contributed by atoms with Crippen LogP contribution in [0.1, 0.15) is 29.0 Å². The predicted octanol–water partition coefficient (Wildman–Crippen LogP) is 3.91. The summed E-state index contributed by atoms with van der Waals surface area (Å²) in [5, 5.41) is 24.2. The van der Waals surface area contributed by atoms with Crippen LogP contribution in [0.2, 0.25) is 10.0 Å². The molecule has 1 aliphatic rings. The van der Waals surface area contributed by atoms with Gasteiger partial charge in [0.2, 0.25) is 11.9 Å². The Kier molecular flexibility index (Phi) is 8.64. The summed E-state index contributed by atoms with van der Waals surface area (Å²) >= 11 is 12.2. The van der Waals surface area contributed by atoms with Crippen LogP contribution in [0.4, 0.5) is 5.95 Å². The van der Waals surface area contributed by atoms with Crippen molar-refractivity contribution in [3.05, 3.63) is 116 Å². The molecule has 0 radical (unpaired) electrons. The van der Waals surface area contributed by atoms with Crippen molar-refractivity contribution in [2.45, 2.75) is 25.4 Å². The highest BCUT2D eigenvalue weighted by Crippen LogP contribution is 2.31. The van der Waals surface area contributed by atoms with Crippen molar-refractivity contribution < 1.29 is 9.90 Å². The number of halogens is 2. The number of aromatic nitrogens is 3. The van der Waals surface area contributed by atoms with Gasteiger partial charge in [-0.2, -0.15) is 5.10 Å². The summed E-state index contributed by atoms with van der Waals surface area (Å²) < 4.78 is 2.85. The van der Waals surface area contributed by atoms with E-state index >= 15 is 0 Å². The van der Waals surface area contributed by atoms with Crippen LogP contribution in [0.25, 0.3) is 0 Å². The molecule has 1 atom stereocenters. The highest BCUT2D eigenvalue weighted by atomic mass is 35.5. The molecule has 206 valence electrons.